The third-order valence-corrected chi connectivity index (χ3v) is 3.03. The second-order valence-corrected chi connectivity index (χ2v) is 4.45. The summed E-state index contributed by atoms with van der Waals surface area (Å²) in [4.78, 5) is 26.7. The monoisotopic (exact) mass is 264 g/mol. The summed E-state index contributed by atoms with van der Waals surface area (Å²) in [5.74, 6) is -1.41. The van der Waals surface area contributed by atoms with E-state index in [0.717, 1.165) is 25.9 Å². The van der Waals surface area contributed by atoms with Crippen molar-refractivity contribution in [3.8, 4) is 0 Å². The molecule has 102 valence electrons. The Morgan fingerprint density at radius 2 is 2.21 bits per heavy atom. The van der Waals surface area contributed by atoms with Gasteiger partial charge in [-0.1, -0.05) is 0 Å². The van der Waals surface area contributed by atoms with E-state index < -0.39 is 5.97 Å². The highest BCUT2D eigenvalue weighted by Crippen LogP contribution is 2.09. The summed E-state index contributed by atoms with van der Waals surface area (Å²) in [6.07, 6.45) is 3.87. The fourth-order valence-corrected chi connectivity index (χ4v) is 2.00. The van der Waals surface area contributed by atoms with E-state index in [9.17, 15) is 9.59 Å². The molecule has 1 aromatic rings. The summed E-state index contributed by atoms with van der Waals surface area (Å²) in [6.45, 7) is 1.35. The van der Waals surface area contributed by atoms with Crippen LogP contribution in [0.5, 0.6) is 0 Å². The first-order chi connectivity index (χ1) is 9.16. The van der Waals surface area contributed by atoms with E-state index in [-0.39, 0.29) is 23.2 Å². The molecule has 1 atom stereocenters. The maximum absolute atomic E-state index is 12.0. The number of carboxylic acid groups (broad SMARTS) is 1. The van der Waals surface area contributed by atoms with Gasteiger partial charge in [-0.05, 0) is 31.4 Å². The molecule has 1 unspecified atom stereocenters. The number of amides is 1. The molecule has 1 aliphatic heterocycles. The van der Waals surface area contributed by atoms with Gasteiger partial charge in [0.2, 0.25) is 0 Å². The first-order valence-corrected chi connectivity index (χ1v) is 6.25. The molecule has 1 amide bonds. The van der Waals surface area contributed by atoms with Crippen LogP contribution in [0.25, 0.3) is 0 Å². The molecule has 2 N–H and O–H groups in total. The topological polar surface area (TPSA) is 88.5 Å². The van der Waals surface area contributed by atoms with Gasteiger partial charge in [-0.2, -0.15) is 0 Å². The number of hydrogen-bond acceptors (Lipinski definition) is 4. The van der Waals surface area contributed by atoms with Gasteiger partial charge < -0.3 is 15.2 Å². The van der Waals surface area contributed by atoms with Crippen LogP contribution in [-0.2, 0) is 4.74 Å². The van der Waals surface area contributed by atoms with Crippen LogP contribution in [0, 0.1) is 0 Å². The molecule has 1 saturated heterocycles. The van der Waals surface area contributed by atoms with Crippen molar-refractivity contribution in [2.24, 2.45) is 0 Å². The van der Waals surface area contributed by atoms with E-state index in [0.29, 0.717) is 6.61 Å². The number of aromatic nitrogens is 1. The largest absolute Gasteiger partial charge is 0.478 e. The molecule has 1 aliphatic rings. The number of nitrogens with one attached hydrogen (secondary N) is 1. The molecule has 2 heterocycles. The molecular weight excluding hydrogens is 248 g/mol. The Morgan fingerprint density at radius 1 is 1.37 bits per heavy atom. The van der Waals surface area contributed by atoms with E-state index >= 15 is 0 Å². The van der Waals surface area contributed by atoms with Crippen LogP contribution < -0.4 is 5.32 Å². The molecule has 0 aliphatic carbocycles. The van der Waals surface area contributed by atoms with Crippen molar-refractivity contribution in [3.63, 3.8) is 0 Å². The second kappa shape index (κ2) is 6.29. The van der Waals surface area contributed by atoms with Crippen molar-refractivity contribution in [2.45, 2.75) is 25.3 Å². The molecule has 1 aromatic heterocycles. The fraction of sp³-hybridized carbons (Fsp3) is 0.462. The number of rotatable bonds is 3. The highest BCUT2D eigenvalue weighted by atomic mass is 16.5. The Morgan fingerprint density at radius 3 is 3.00 bits per heavy atom. The van der Waals surface area contributed by atoms with Crippen LogP contribution >= 0.6 is 0 Å². The smallest absolute Gasteiger partial charge is 0.335 e. The van der Waals surface area contributed by atoms with Gasteiger partial charge in [0.05, 0.1) is 5.56 Å². The summed E-state index contributed by atoms with van der Waals surface area (Å²) in [5.41, 5.74) is 0.189. The minimum absolute atomic E-state index is 0.0596. The average molecular weight is 264 g/mol. The van der Waals surface area contributed by atoms with Crippen LogP contribution in [0.4, 0.5) is 0 Å². The quantitative estimate of drug-likeness (QED) is 0.852. The Hall–Kier alpha value is -1.95. The number of ether oxygens (including phenoxy) is 1. The van der Waals surface area contributed by atoms with Gasteiger partial charge in [-0.3, -0.25) is 9.78 Å². The normalized spacial score (nSPS) is 19.5. The zero-order valence-corrected chi connectivity index (χ0v) is 10.5. The zero-order chi connectivity index (χ0) is 13.7. The van der Waals surface area contributed by atoms with Gasteiger partial charge in [0.25, 0.3) is 5.91 Å². The lowest BCUT2D eigenvalue weighted by molar-refractivity contribution is 0.0696. The Kier molecular flexibility index (Phi) is 4.46. The summed E-state index contributed by atoms with van der Waals surface area (Å²) in [6, 6.07) is 2.70. The van der Waals surface area contributed by atoms with Gasteiger partial charge in [0.1, 0.15) is 5.69 Å². The summed E-state index contributed by atoms with van der Waals surface area (Å²) in [5, 5.41) is 11.7. The van der Waals surface area contributed by atoms with Gasteiger partial charge in [-0.15, -0.1) is 0 Å². The molecule has 0 saturated carbocycles. The lowest BCUT2D eigenvalue weighted by atomic mass is 10.1. The average Bonchev–Trinajstić information content (AvgIpc) is 2.67. The Bertz CT molecular complexity index is 467. The predicted molar refractivity (Wildman–Crippen MR) is 67.1 cm³/mol. The van der Waals surface area contributed by atoms with Crippen molar-refractivity contribution in [1.82, 2.24) is 10.3 Å². The van der Waals surface area contributed by atoms with E-state index in [1.165, 1.54) is 18.3 Å². The highest BCUT2D eigenvalue weighted by Gasteiger charge is 2.17. The fourth-order valence-electron chi connectivity index (χ4n) is 2.00. The van der Waals surface area contributed by atoms with Gasteiger partial charge >= 0.3 is 5.97 Å². The van der Waals surface area contributed by atoms with E-state index in [1.807, 2.05) is 0 Å². The van der Waals surface area contributed by atoms with E-state index in [4.69, 9.17) is 9.84 Å². The number of nitrogens with zero attached hydrogens (tertiary/aromatic N) is 1. The van der Waals surface area contributed by atoms with Gasteiger partial charge in [0, 0.05) is 25.5 Å². The van der Waals surface area contributed by atoms with Crippen molar-refractivity contribution in [1.29, 1.82) is 0 Å². The molecule has 19 heavy (non-hydrogen) atoms. The maximum atomic E-state index is 12.0. The second-order valence-electron chi connectivity index (χ2n) is 4.45. The first-order valence-electron chi connectivity index (χ1n) is 6.25. The Labute approximate surface area is 110 Å². The number of carbonyl (C=O) groups is 2. The van der Waals surface area contributed by atoms with Gasteiger partial charge in [0.15, 0.2) is 0 Å². The van der Waals surface area contributed by atoms with Crippen molar-refractivity contribution in [2.75, 3.05) is 13.2 Å². The predicted octanol–water partition coefficient (Wildman–Crippen LogP) is 1.08. The van der Waals surface area contributed by atoms with Crippen molar-refractivity contribution in [3.05, 3.63) is 29.6 Å². The number of hydrogen-bond donors (Lipinski definition) is 2. The van der Waals surface area contributed by atoms with Crippen LogP contribution in [0.15, 0.2) is 18.3 Å². The minimum atomic E-state index is -1.07. The van der Waals surface area contributed by atoms with Crippen molar-refractivity contribution >= 4 is 11.9 Å². The molecule has 0 aromatic carbocycles. The highest BCUT2D eigenvalue weighted by molar-refractivity contribution is 5.95. The third kappa shape index (κ3) is 3.75. The summed E-state index contributed by atoms with van der Waals surface area (Å²) in [7, 11) is 0. The number of carboxylic acids is 1. The molecular formula is C13H16N2O4. The third-order valence-electron chi connectivity index (χ3n) is 3.03. The van der Waals surface area contributed by atoms with E-state index in [2.05, 4.69) is 10.3 Å². The SMILES string of the molecule is O=C(O)c1ccnc(C(=O)NC2CCCOCC2)c1. The summed E-state index contributed by atoms with van der Waals surface area (Å²) < 4.78 is 5.32. The van der Waals surface area contributed by atoms with Crippen LogP contribution in [-0.4, -0.2) is 41.2 Å². The molecule has 6 nitrogen and oxygen atoms in total. The Balaban J connectivity index is 2.02. The number of carbonyl (C=O) groups excluding carboxylic acids is 1. The lowest BCUT2D eigenvalue weighted by Gasteiger charge is -2.15. The number of aromatic carboxylic acids is 1. The minimum Gasteiger partial charge on any atom is -0.478 e. The first kappa shape index (κ1) is 13.5. The standard InChI is InChI=1S/C13H16N2O4/c16-12(15-10-2-1-6-19-7-4-10)11-8-9(13(17)18)3-5-14-11/h3,5,8,10H,1-2,4,6-7H2,(H,15,16)(H,17,18). The molecule has 2 rings (SSSR count). The molecule has 0 spiro atoms. The van der Waals surface area contributed by atoms with Crippen LogP contribution in [0.3, 0.4) is 0 Å². The van der Waals surface area contributed by atoms with Crippen LogP contribution in [0.2, 0.25) is 0 Å². The number of pyridine rings is 1. The molecule has 0 radical (unpaired) electrons. The molecule has 6 heteroatoms. The molecule has 1 fully saturated rings. The van der Waals surface area contributed by atoms with Crippen LogP contribution in [0.1, 0.15) is 40.1 Å². The lowest BCUT2D eigenvalue weighted by Crippen LogP contribution is -2.35. The van der Waals surface area contributed by atoms with Crippen molar-refractivity contribution < 1.29 is 19.4 Å². The maximum Gasteiger partial charge on any atom is 0.335 e. The van der Waals surface area contributed by atoms with E-state index in [1.54, 1.807) is 0 Å². The summed E-state index contributed by atoms with van der Waals surface area (Å²) >= 11 is 0. The zero-order valence-electron chi connectivity index (χ0n) is 10.5. The molecule has 0 bridgehead atoms. The van der Waals surface area contributed by atoms with Gasteiger partial charge in [-0.25, -0.2) is 4.79 Å².